The van der Waals surface area contributed by atoms with E-state index in [-0.39, 0.29) is 10.6 Å². The molecule has 2 N–H and O–H groups in total. The molecule has 0 spiro atoms. The minimum absolute atomic E-state index is 0.0985. The number of nitrogens with zero attached hydrogens (tertiary/aromatic N) is 1. The molecule has 94 valence electrons. The van der Waals surface area contributed by atoms with Gasteiger partial charge in [-0.15, -0.1) is 0 Å². The lowest BCUT2D eigenvalue weighted by atomic mass is 10.2. The number of pyridine rings is 1. The molecule has 0 saturated heterocycles. The van der Waals surface area contributed by atoms with E-state index in [1.165, 1.54) is 24.5 Å². The highest BCUT2D eigenvalue weighted by Gasteiger charge is 2.33. The average Bonchev–Trinajstić information content (AvgIpc) is 2.31. The van der Waals surface area contributed by atoms with Gasteiger partial charge >= 0.3 is 6.18 Å². The number of nitrogens with two attached hydrogens (primary N) is 1. The van der Waals surface area contributed by atoms with Gasteiger partial charge in [0.25, 0.3) is 0 Å². The van der Waals surface area contributed by atoms with Crippen LogP contribution in [0.3, 0.4) is 0 Å². The molecule has 0 atom stereocenters. The Bertz CT molecular complexity index is 541. The highest BCUT2D eigenvalue weighted by Crippen LogP contribution is 2.40. The molecule has 0 aliphatic carbocycles. The summed E-state index contributed by atoms with van der Waals surface area (Å²) in [6.45, 7) is 0. The van der Waals surface area contributed by atoms with Crippen LogP contribution in [-0.4, -0.2) is 4.98 Å². The maximum Gasteiger partial charge on any atom is 0.417 e. The van der Waals surface area contributed by atoms with E-state index in [1.54, 1.807) is 12.1 Å². The quantitative estimate of drug-likeness (QED) is 0.843. The van der Waals surface area contributed by atoms with Crippen LogP contribution in [0.1, 0.15) is 5.56 Å². The number of benzene rings is 1. The lowest BCUT2D eigenvalue weighted by Crippen LogP contribution is -2.07. The first kappa shape index (κ1) is 12.8. The van der Waals surface area contributed by atoms with Gasteiger partial charge in [0.15, 0.2) is 0 Å². The van der Waals surface area contributed by atoms with E-state index in [1.807, 2.05) is 0 Å². The molecule has 1 aromatic carbocycles. The van der Waals surface area contributed by atoms with Gasteiger partial charge in [-0.3, -0.25) is 4.98 Å². The van der Waals surface area contributed by atoms with Crippen molar-refractivity contribution < 1.29 is 13.2 Å². The zero-order valence-corrected chi connectivity index (χ0v) is 9.92. The number of hydrogen-bond donors (Lipinski definition) is 1. The summed E-state index contributed by atoms with van der Waals surface area (Å²) in [6.07, 6.45) is -1.34. The van der Waals surface area contributed by atoms with Gasteiger partial charge in [-0.1, -0.05) is 11.8 Å². The zero-order chi connectivity index (χ0) is 13.2. The van der Waals surface area contributed by atoms with Crippen molar-refractivity contribution in [1.29, 1.82) is 0 Å². The van der Waals surface area contributed by atoms with Crippen LogP contribution >= 0.6 is 11.8 Å². The summed E-state index contributed by atoms with van der Waals surface area (Å²) in [5.41, 5.74) is 4.78. The molecule has 1 heterocycles. The first-order valence-corrected chi connectivity index (χ1v) is 5.83. The first-order valence-electron chi connectivity index (χ1n) is 5.01. The SMILES string of the molecule is Nc1ccc(Sc2ccncc2)c(C(F)(F)F)c1. The number of nitrogen functional groups attached to an aromatic ring is 1. The highest BCUT2D eigenvalue weighted by molar-refractivity contribution is 7.99. The number of hydrogen-bond acceptors (Lipinski definition) is 3. The van der Waals surface area contributed by atoms with Crippen molar-refractivity contribution in [3.05, 3.63) is 48.3 Å². The summed E-state index contributed by atoms with van der Waals surface area (Å²) in [5.74, 6) is 0. The number of rotatable bonds is 2. The van der Waals surface area contributed by atoms with Crippen molar-refractivity contribution >= 4 is 17.4 Å². The van der Waals surface area contributed by atoms with E-state index in [9.17, 15) is 13.2 Å². The molecule has 2 rings (SSSR count). The van der Waals surface area contributed by atoms with Gasteiger partial charge in [0.1, 0.15) is 0 Å². The monoisotopic (exact) mass is 270 g/mol. The number of halogens is 3. The van der Waals surface area contributed by atoms with Crippen LogP contribution < -0.4 is 5.73 Å². The van der Waals surface area contributed by atoms with E-state index < -0.39 is 11.7 Å². The van der Waals surface area contributed by atoms with Gasteiger partial charge in [-0.05, 0) is 30.3 Å². The number of alkyl halides is 3. The van der Waals surface area contributed by atoms with Crippen molar-refractivity contribution in [2.75, 3.05) is 5.73 Å². The van der Waals surface area contributed by atoms with Crippen LogP contribution in [0.25, 0.3) is 0 Å². The number of aromatic nitrogens is 1. The Balaban J connectivity index is 2.39. The van der Waals surface area contributed by atoms with E-state index in [4.69, 9.17) is 5.73 Å². The largest absolute Gasteiger partial charge is 0.417 e. The summed E-state index contributed by atoms with van der Waals surface area (Å²) in [7, 11) is 0. The highest BCUT2D eigenvalue weighted by atomic mass is 32.2. The third kappa shape index (κ3) is 2.95. The summed E-state index contributed by atoms with van der Waals surface area (Å²) >= 11 is 1.03. The minimum atomic E-state index is -4.41. The molecule has 6 heteroatoms. The fourth-order valence-electron chi connectivity index (χ4n) is 1.39. The van der Waals surface area contributed by atoms with Crippen LogP contribution in [0, 0.1) is 0 Å². The Morgan fingerprint density at radius 1 is 1.06 bits per heavy atom. The summed E-state index contributed by atoms with van der Waals surface area (Å²) < 4.78 is 38.5. The van der Waals surface area contributed by atoms with E-state index >= 15 is 0 Å². The molecule has 0 unspecified atom stereocenters. The molecule has 0 bridgehead atoms. The standard InChI is InChI=1S/C12H9F3N2S/c13-12(14,15)10-7-8(16)1-2-11(10)18-9-3-5-17-6-4-9/h1-7H,16H2. The van der Waals surface area contributed by atoms with Gasteiger partial charge < -0.3 is 5.73 Å². The smallest absolute Gasteiger partial charge is 0.399 e. The molecule has 0 fully saturated rings. The maximum absolute atomic E-state index is 12.8. The molecule has 0 radical (unpaired) electrons. The molecule has 18 heavy (non-hydrogen) atoms. The van der Waals surface area contributed by atoms with Crippen molar-refractivity contribution in [3.8, 4) is 0 Å². The molecule has 0 amide bonds. The average molecular weight is 270 g/mol. The second kappa shape index (κ2) is 4.89. The van der Waals surface area contributed by atoms with Gasteiger partial charge in [-0.25, -0.2) is 0 Å². The van der Waals surface area contributed by atoms with Crippen LogP contribution in [0.15, 0.2) is 52.5 Å². The second-order valence-corrected chi connectivity index (χ2v) is 4.65. The predicted octanol–water partition coefficient (Wildman–Crippen LogP) is 3.83. The zero-order valence-electron chi connectivity index (χ0n) is 9.11. The van der Waals surface area contributed by atoms with Gasteiger partial charge in [0, 0.05) is 27.9 Å². The van der Waals surface area contributed by atoms with Crippen LogP contribution in [0.5, 0.6) is 0 Å². The van der Waals surface area contributed by atoms with E-state index in [0.29, 0.717) is 4.90 Å². The van der Waals surface area contributed by atoms with Crippen molar-refractivity contribution in [2.45, 2.75) is 16.0 Å². The first-order chi connectivity index (χ1) is 8.47. The van der Waals surface area contributed by atoms with Crippen LogP contribution in [-0.2, 0) is 6.18 Å². The number of anilines is 1. The van der Waals surface area contributed by atoms with Crippen molar-refractivity contribution in [3.63, 3.8) is 0 Å². The lowest BCUT2D eigenvalue weighted by Gasteiger charge is -2.13. The summed E-state index contributed by atoms with van der Waals surface area (Å²) in [6, 6.07) is 7.09. The Kier molecular flexibility index (Phi) is 3.47. The Labute approximate surface area is 106 Å². The summed E-state index contributed by atoms with van der Waals surface area (Å²) in [4.78, 5) is 4.64. The predicted molar refractivity (Wildman–Crippen MR) is 64.2 cm³/mol. The Morgan fingerprint density at radius 3 is 2.33 bits per heavy atom. The van der Waals surface area contributed by atoms with Crippen molar-refractivity contribution in [1.82, 2.24) is 4.98 Å². The molecule has 0 saturated carbocycles. The minimum Gasteiger partial charge on any atom is -0.399 e. The molecule has 0 aliphatic heterocycles. The van der Waals surface area contributed by atoms with Gasteiger partial charge in [-0.2, -0.15) is 13.2 Å². The third-order valence-electron chi connectivity index (χ3n) is 2.19. The summed E-state index contributed by atoms with van der Waals surface area (Å²) in [5, 5.41) is 0. The Morgan fingerprint density at radius 2 is 1.72 bits per heavy atom. The lowest BCUT2D eigenvalue weighted by molar-refractivity contribution is -0.139. The topological polar surface area (TPSA) is 38.9 Å². The fraction of sp³-hybridized carbons (Fsp3) is 0.0833. The third-order valence-corrected chi connectivity index (χ3v) is 3.27. The van der Waals surface area contributed by atoms with Crippen molar-refractivity contribution in [2.24, 2.45) is 0 Å². The van der Waals surface area contributed by atoms with Crippen LogP contribution in [0.4, 0.5) is 18.9 Å². The molecular weight excluding hydrogens is 261 g/mol. The molecule has 2 aromatic rings. The van der Waals surface area contributed by atoms with Gasteiger partial charge in [0.05, 0.1) is 5.56 Å². The van der Waals surface area contributed by atoms with E-state index in [0.717, 1.165) is 17.8 Å². The second-order valence-electron chi connectivity index (χ2n) is 3.54. The molecule has 1 aromatic heterocycles. The fourth-order valence-corrected chi connectivity index (χ4v) is 2.32. The normalized spacial score (nSPS) is 11.5. The van der Waals surface area contributed by atoms with Crippen LogP contribution in [0.2, 0.25) is 0 Å². The van der Waals surface area contributed by atoms with Gasteiger partial charge in [0.2, 0.25) is 0 Å². The Hall–Kier alpha value is -1.69. The van der Waals surface area contributed by atoms with E-state index in [2.05, 4.69) is 4.98 Å². The maximum atomic E-state index is 12.8. The molecule has 0 aliphatic rings. The molecule has 2 nitrogen and oxygen atoms in total. The molecular formula is C12H9F3N2S.